The topological polar surface area (TPSA) is 75.1 Å². The number of aliphatic hydroxyl groups is 1. The zero-order valence-corrected chi connectivity index (χ0v) is 7.97. The lowest BCUT2D eigenvalue weighted by Crippen LogP contribution is -2.40. The molecule has 0 spiro atoms. The second-order valence-electron chi connectivity index (χ2n) is 2.56. The van der Waals surface area contributed by atoms with E-state index in [2.05, 4.69) is 8.75 Å². The Kier molecular flexibility index (Phi) is 3.58. The Morgan fingerprint density at radius 1 is 1.67 bits per heavy atom. The van der Waals surface area contributed by atoms with E-state index in [4.69, 9.17) is 5.11 Å². The number of nitrogens with zero attached hydrogens (tertiary/aromatic N) is 2. The van der Waals surface area contributed by atoms with Gasteiger partial charge < -0.3 is 10.4 Å². The highest BCUT2D eigenvalue weighted by atomic mass is 32.1. The first-order chi connectivity index (χ1) is 6.91. The predicted molar refractivity (Wildman–Crippen MR) is 44.3 cm³/mol. The summed E-state index contributed by atoms with van der Waals surface area (Å²) in [4.78, 5) is 11.1. The first kappa shape index (κ1) is 11.9. The van der Waals surface area contributed by atoms with Gasteiger partial charge in [0.15, 0.2) is 11.8 Å². The zero-order chi connectivity index (χ0) is 11.5. The van der Waals surface area contributed by atoms with Gasteiger partial charge in [0.2, 0.25) is 0 Å². The van der Waals surface area contributed by atoms with Gasteiger partial charge in [-0.25, -0.2) is 0 Å². The fourth-order valence-electron chi connectivity index (χ4n) is 0.660. The van der Waals surface area contributed by atoms with Crippen molar-refractivity contribution >= 4 is 17.6 Å². The summed E-state index contributed by atoms with van der Waals surface area (Å²) >= 11 is 0.762. The van der Waals surface area contributed by atoms with Crippen molar-refractivity contribution in [3.05, 3.63) is 11.9 Å². The summed E-state index contributed by atoms with van der Waals surface area (Å²) in [6.07, 6.45) is -6.19. The predicted octanol–water partition coefficient (Wildman–Crippen LogP) is 0.191. The van der Waals surface area contributed by atoms with Gasteiger partial charge in [-0.05, 0) is 0 Å². The molecule has 0 bridgehead atoms. The molecule has 1 unspecified atom stereocenters. The Morgan fingerprint density at radius 3 is 2.80 bits per heavy atom. The molecule has 1 aromatic rings. The first-order valence-electron chi connectivity index (χ1n) is 3.72. The highest BCUT2D eigenvalue weighted by Crippen LogP contribution is 2.19. The molecular weight excluding hydrogens is 235 g/mol. The minimum Gasteiger partial charge on any atom is -0.382 e. The Morgan fingerprint density at radius 2 is 2.33 bits per heavy atom. The van der Waals surface area contributed by atoms with E-state index in [0.717, 1.165) is 17.9 Å². The number of hydrogen-bond acceptors (Lipinski definition) is 5. The third-order valence-corrected chi connectivity index (χ3v) is 1.91. The van der Waals surface area contributed by atoms with Crippen molar-refractivity contribution in [3.8, 4) is 0 Å². The van der Waals surface area contributed by atoms with Crippen LogP contribution < -0.4 is 5.32 Å². The van der Waals surface area contributed by atoms with Crippen LogP contribution in [0.5, 0.6) is 0 Å². The lowest BCUT2D eigenvalue weighted by molar-refractivity contribution is -0.201. The Balaban J connectivity index is 2.42. The van der Waals surface area contributed by atoms with E-state index in [1.807, 2.05) is 5.32 Å². The van der Waals surface area contributed by atoms with Crippen molar-refractivity contribution in [1.29, 1.82) is 0 Å². The number of aliphatic hydroxyl groups excluding tert-OH is 1. The van der Waals surface area contributed by atoms with Crippen molar-refractivity contribution in [2.75, 3.05) is 6.54 Å². The lowest BCUT2D eigenvalue weighted by atomic mass is 10.3. The summed E-state index contributed by atoms with van der Waals surface area (Å²) < 4.78 is 42.5. The summed E-state index contributed by atoms with van der Waals surface area (Å²) in [7, 11) is 0. The summed E-state index contributed by atoms with van der Waals surface area (Å²) in [6, 6.07) is 0. The molecule has 1 aromatic heterocycles. The van der Waals surface area contributed by atoms with E-state index in [9.17, 15) is 18.0 Å². The van der Waals surface area contributed by atoms with Gasteiger partial charge in [0.05, 0.1) is 24.5 Å². The van der Waals surface area contributed by atoms with Gasteiger partial charge in [0, 0.05) is 0 Å². The number of rotatable bonds is 3. The molecule has 1 rings (SSSR count). The number of carbonyl (C=O) groups excluding carboxylic acids is 1. The zero-order valence-electron chi connectivity index (χ0n) is 7.15. The summed E-state index contributed by atoms with van der Waals surface area (Å²) in [5.41, 5.74) is -0.0747. The van der Waals surface area contributed by atoms with Crippen LogP contribution >= 0.6 is 11.7 Å². The molecule has 84 valence electrons. The monoisotopic (exact) mass is 241 g/mol. The van der Waals surface area contributed by atoms with E-state index in [1.54, 1.807) is 0 Å². The molecule has 0 saturated carbocycles. The van der Waals surface area contributed by atoms with Crippen molar-refractivity contribution in [1.82, 2.24) is 14.1 Å². The van der Waals surface area contributed by atoms with E-state index < -0.39 is 24.7 Å². The number of alkyl halides is 3. The molecular formula is C6H6F3N3O2S. The van der Waals surface area contributed by atoms with Crippen LogP contribution in [0.2, 0.25) is 0 Å². The van der Waals surface area contributed by atoms with Crippen LogP contribution in [0, 0.1) is 0 Å². The molecule has 0 aromatic carbocycles. The van der Waals surface area contributed by atoms with Crippen LogP contribution in [0.25, 0.3) is 0 Å². The average molecular weight is 241 g/mol. The number of halogens is 3. The molecule has 2 N–H and O–H groups in total. The minimum absolute atomic E-state index is 0.0747. The number of nitrogens with one attached hydrogen (secondary N) is 1. The molecule has 1 amide bonds. The van der Waals surface area contributed by atoms with Gasteiger partial charge >= 0.3 is 6.18 Å². The minimum atomic E-state index is -4.74. The SMILES string of the molecule is O=C(NCC(O)C(F)(F)F)c1cnsn1. The quantitative estimate of drug-likeness (QED) is 0.792. The molecule has 1 atom stereocenters. The third kappa shape index (κ3) is 3.44. The largest absolute Gasteiger partial charge is 0.416 e. The van der Waals surface area contributed by atoms with Crippen LogP contribution in [0.1, 0.15) is 10.5 Å². The molecule has 9 heteroatoms. The molecule has 1 heterocycles. The van der Waals surface area contributed by atoms with Gasteiger partial charge in [-0.15, -0.1) is 0 Å². The molecule has 5 nitrogen and oxygen atoms in total. The standard InChI is InChI=1S/C6H6F3N3O2S/c7-6(8,9)4(13)2-10-5(14)3-1-11-15-12-3/h1,4,13H,2H2,(H,10,14). The van der Waals surface area contributed by atoms with Crippen LogP contribution in [-0.2, 0) is 0 Å². The van der Waals surface area contributed by atoms with Crippen molar-refractivity contribution in [2.24, 2.45) is 0 Å². The number of aromatic nitrogens is 2. The van der Waals surface area contributed by atoms with E-state index in [-0.39, 0.29) is 5.69 Å². The van der Waals surface area contributed by atoms with Crippen LogP contribution in [0.3, 0.4) is 0 Å². The molecule has 0 aliphatic carbocycles. The summed E-state index contributed by atoms with van der Waals surface area (Å²) in [6.45, 7) is -0.903. The Bertz CT molecular complexity index is 327. The molecule has 0 aliphatic heterocycles. The maximum Gasteiger partial charge on any atom is 0.416 e. The number of carbonyl (C=O) groups is 1. The number of amides is 1. The molecule has 15 heavy (non-hydrogen) atoms. The first-order valence-corrected chi connectivity index (χ1v) is 4.45. The highest BCUT2D eigenvalue weighted by molar-refractivity contribution is 6.99. The van der Waals surface area contributed by atoms with Gasteiger partial charge in [0.1, 0.15) is 0 Å². The molecule has 0 radical (unpaired) electrons. The molecule has 0 aliphatic rings. The van der Waals surface area contributed by atoms with Crippen LogP contribution in [0.4, 0.5) is 13.2 Å². The maximum absolute atomic E-state index is 11.8. The second kappa shape index (κ2) is 4.53. The van der Waals surface area contributed by atoms with Gasteiger partial charge in [0.25, 0.3) is 5.91 Å². The van der Waals surface area contributed by atoms with Crippen LogP contribution in [-0.4, -0.2) is 38.6 Å². The maximum atomic E-state index is 11.8. The second-order valence-corrected chi connectivity index (χ2v) is 3.12. The van der Waals surface area contributed by atoms with E-state index in [0.29, 0.717) is 0 Å². The lowest BCUT2D eigenvalue weighted by Gasteiger charge is -2.14. The van der Waals surface area contributed by atoms with Gasteiger partial charge in [-0.1, -0.05) is 0 Å². The Labute approximate surface area is 86.3 Å². The van der Waals surface area contributed by atoms with E-state index >= 15 is 0 Å². The fraction of sp³-hybridized carbons (Fsp3) is 0.500. The fourth-order valence-corrected chi connectivity index (χ4v) is 1.07. The molecule has 0 saturated heterocycles. The Hall–Kier alpha value is -1.22. The third-order valence-electron chi connectivity index (χ3n) is 1.43. The summed E-state index contributed by atoms with van der Waals surface area (Å²) in [5, 5.41) is 10.4. The van der Waals surface area contributed by atoms with Crippen molar-refractivity contribution in [2.45, 2.75) is 12.3 Å². The smallest absolute Gasteiger partial charge is 0.382 e. The normalized spacial score (nSPS) is 13.6. The average Bonchev–Trinajstić information content (AvgIpc) is 2.64. The van der Waals surface area contributed by atoms with Gasteiger partial charge in [-0.2, -0.15) is 21.9 Å². The number of hydrogen-bond donors (Lipinski definition) is 2. The van der Waals surface area contributed by atoms with E-state index in [1.165, 1.54) is 0 Å². The van der Waals surface area contributed by atoms with Gasteiger partial charge in [-0.3, -0.25) is 4.79 Å². The molecule has 0 fully saturated rings. The highest BCUT2D eigenvalue weighted by Gasteiger charge is 2.38. The summed E-state index contributed by atoms with van der Waals surface area (Å²) in [5.74, 6) is -0.799. The van der Waals surface area contributed by atoms with Crippen LogP contribution in [0.15, 0.2) is 6.20 Å². The van der Waals surface area contributed by atoms with Crippen molar-refractivity contribution < 1.29 is 23.1 Å². The van der Waals surface area contributed by atoms with Crippen molar-refractivity contribution in [3.63, 3.8) is 0 Å².